The van der Waals surface area contributed by atoms with Crippen molar-refractivity contribution in [2.75, 3.05) is 0 Å². The summed E-state index contributed by atoms with van der Waals surface area (Å²) in [4.78, 5) is 0. The summed E-state index contributed by atoms with van der Waals surface area (Å²) < 4.78 is 4.98. The molecule has 0 saturated carbocycles. The Labute approximate surface area is 68.0 Å². The summed E-state index contributed by atoms with van der Waals surface area (Å²) in [6, 6.07) is 0. The maximum absolute atomic E-state index is 9.18. The first-order valence-electron chi connectivity index (χ1n) is 3.92. The zero-order chi connectivity index (χ0) is 9.12. The molecule has 0 aliphatic heterocycles. The topological polar surface area (TPSA) is 49.7 Å². The first kappa shape index (κ1) is 10.9. The molecule has 0 aromatic rings. The van der Waals surface area contributed by atoms with Crippen LogP contribution >= 0.6 is 0 Å². The highest BCUT2D eigenvalue weighted by atomic mass is 16.8. The molecule has 0 rings (SSSR count). The van der Waals surface area contributed by atoms with Crippen molar-refractivity contribution in [1.82, 2.24) is 0 Å². The maximum atomic E-state index is 9.18. The van der Waals surface area contributed by atoms with E-state index in [-0.39, 0.29) is 6.42 Å². The van der Waals surface area contributed by atoms with Crippen LogP contribution in [0.5, 0.6) is 0 Å². The van der Waals surface area contributed by atoms with E-state index in [9.17, 15) is 10.2 Å². The summed E-state index contributed by atoms with van der Waals surface area (Å²) in [5.41, 5.74) is -0.515. The molecule has 68 valence electrons. The van der Waals surface area contributed by atoms with Gasteiger partial charge in [-0.1, -0.05) is 6.92 Å². The van der Waals surface area contributed by atoms with Crippen molar-refractivity contribution in [3.63, 3.8) is 0 Å². The van der Waals surface area contributed by atoms with Gasteiger partial charge in [0, 0.05) is 6.42 Å². The van der Waals surface area contributed by atoms with E-state index in [1.54, 1.807) is 20.8 Å². The second-order valence-corrected chi connectivity index (χ2v) is 3.71. The maximum Gasteiger partial charge on any atom is 0.278 e. The number of hydrogen-bond donors (Lipinski definition) is 2. The lowest BCUT2D eigenvalue weighted by Gasteiger charge is -2.30. The number of rotatable bonds is 3. The van der Waals surface area contributed by atoms with Gasteiger partial charge in [-0.05, 0) is 27.2 Å². The second kappa shape index (κ2) is 3.52. The molecule has 0 aliphatic rings. The average molecular weight is 162 g/mol. The lowest BCUT2D eigenvalue weighted by molar-refractivity contribution is -0.371. The molecule has 0 amide bonds. The van der Waals surface area contributed by atoms with Gasteiger partial charge in [0.15, 0.2) is 0 Å². The second-order valence-electron chi connectivity index (χ2n) is 3.71. The van der Waals surface area contributed by atoms with Gasteiger partial charge >= 0.3 is 0 Å². The molecule has 0 bridgehead atoms. The highest BCUT2D eigenvalue weighted by Gasteiger charge is 2.29. The predicted octanol–water partition coefficient (Wildman–Crippen LogP) is 1.24. The fraction of sp³-hybridized carbons (Fsp3) is 1.00. The Morgan fingerprint density at radius 1 is 1.18 bits per heavy atom. The lowest BCUT2D eigenvalue weighted by atomic mass is 10.2. The molecule has 0 spiro atoms. The van der Waals surface area contributed by atoms with E-state index in [0.717, 1.165) is 0 Å². The number of ether oxygens (including phenoxy) is 1. The van der Waals surface area contributed by atoms with E-state index in [0.29, 0.717) is 6.42 Å². The summed E-state index contributed by atoms with van der Waals surface area (Å²) >= 11 is 0. The molecule has 3 nitrogen and oxygen atoms in total. The van der Waals surface area contributed by atoms with Crippen LogP contribution in [-0.2, 0) is 4.74 Å². The SMILES string of the molecule is CCCC(O)(O)OC(C)(C)C. The van der Waals surface area contributed by atoms with Crippen LogP contribution in [0.25, 0.3) is 0 Å². The Kier molecular flexibility index (Phi) is 3.48. The van der Waals surface area contributed by atoms with Gasteiger partial charge in [0.25, 0.3) is 5.97 Å². The fourth-order valence-corrected chi connectivity index (χ4v) is 0.867. The Bertz CT molecular complexity index is 113. The van der Waals surface area contributed by atoms with Crippen LogP contribution in [0.4, 0.5) is 0 Å². The van der Waals surface area contributed by atoms with Crippen molar-refractivity contribution in [3.8, 4) is 0 Å². The molecule has 3 heteroatoms. The quantitative estimate of drug-likeness (QED) is 0.614. The van der Waals surface area contributed by atoms with E-state index in [1.165, 1.54) is 0 Å². The van der Waals surface area contributed by atoms with Crippen LogP contribution in [0.15, 0.2) is 0 Å². The summed E-state index contributed by atoms with van der Waals surface area (Å²) in [6.45, 7) is 7.21. The lowest BCUT2D eigenvalue weighted by Crippen LogP contribution is -2.39. The van der Waals surface area contributed by atoms with Gasteiger partial charge in [-0.2, -0.15) is 0 Å². The van der Waals surface area contributed by atoms with Crippen LogP contribution in [0.1, 0.15) is 40.5 Å². The van der Waals surface area contributed by atoms with Gasteiger partial charge in [-0.15, -0.1) is 0 Å². The average Bonchev–Trinajstić information content (AvgIpc) is 1.55. The van der Waals surface area contributed by atoms with Gasteiger partial charge in [-0.3, -0.25) is 0 Å². The molecule has 0 radical (unpaired) electrons. The first-order chi connectivity index (χ1) is 4.77. The molecule has 0 heterocycles. The minimum atomic E-state index is -1.97. The zero-order valence-electron chi connectivity index (χ0n) is 7.72. The molecule has 0 aliphatic carbocycles. The van der Waals surface area contributed by atoms with Crippen molar-refractivity contribution in [1.29, 1.82) is 0 Å². The normalized spacial score (nSPS) is 13.6. The van der Waals surface area contributed by atoms with Gasteiger partial charge in [0.05, 0.1) is 5.60 Å². The minimum absolute atomic E-state index is 0.240. The van der Waals surface area contributed by atoms with E-state index >= 15 is 0 Å². The van der Waals surface area contributed by atoms with Crippen LogP contribution in [0.2, 0.25) is 0 Å². The number of aliphatic hydroxyl groups is 2. The standard InChI is InChI=1S/C8H18O3/c1-5-6-8(9,10)11-7(2,3)4/h9-10H,5-6H2,1-4H3. The highest BCUT2D eigenvalue weighted by Crippen LogP contribution is 2.19. The summed E-state index contributed by atoms with van der Waals surface area (Å²) in [6.07, 6.45) is 0.924. The van der Waals surface area contributed by atoms with Crippen molar-refractivity contribution < 1.29 is 14.9 Å². The Morgan fingerprint density at radius 2 is 1.64 bits per heavy atom. The fourth-order valence-electron chi connectivity index (χ4n) is 0.867. The van der Waals surface area contributed by atoms with Crippen molar-refractivity contribution in [2.24, 2.45) is 0 Å². The highest BCUT2D eigenvalue weighted by molar-refractivity contribution is 4.63. The molecule has 0 saturated heterocycles. The van der Waals surface area contributed by atoms with Crippen molar-refractivity contribution in [3.05, 3.63) is 0 Å². The van der Waals surface area contributed by atoms with Crippen LogP contribution in [0.3, 0.4) is 0 Å². The Hall–Kier alpha value is -0.120. The monoisotopic (exact) mass is 162 g/mol. The van der Waals surface area contributed by atoms with Crippen LogP contribution in [-0.4, -0.2) is 21.8 Å². The molecule has 11 heavy (non-hydrogen) atoms. The Balaban J connectivity index is 3.91. The van der Waals surface area contributed by atoms with E-state index in [1.807, 2.05) is 6.92 Å². The van der Waals surface area contributed by atoms with Gasteiger partial charge in [0.2, 0.25) is 0 Å². The van der Waals surface area contributed by atoms with Gasteiger partial charge < -0.3 is 14.9 Å². The van der Waals surface area contributed by atoms with Gasteiger partial charge in [-0.25, -0.2) is 0 Å². The third kappa shape index (κ3) is 6.28. The largest absolute Gasteiger partial charge is 0.343 e. The molecule has 0 aromatic heterocycles. The third-order valence-corrected chi connectivity index (χ3v) is 1.05. The first-order valence-corrected chi connectivity index (χ1v) is 3.92. The molecule has 2 N–H and O–H groups in total. The molecule has 0 fully saturated rings. The number of hydrogen-bond acceptors (Lipinski definition) is 3. The van der Waals surface area contributed by atoms with Crippen molar-refractivity contribution in [2.45, 2.75) is 52.1 Å². The summed E-state index contributed by atoms with van der Waals surface area (Å²) in [5.74, 6) is -1.97. The van der Waals surface area contributed by atoms with E-state index < -0.39 is 11.6 Å². The third-order valence-electron chi connectivity index (χ3n) is 1.05. The minimum Gasteiger partial charge on any atom is -0.343 e. The van der Waals surface area contributed by atoms with Gasteiger partial charge in [0.1, 0.15) is 0 Å². The summed E-state index contributed by atoms with van der Waals surface area (Å²) in [7, 11) is 0. The van der Waals surface area contributed by atoms with Crippen LogP contribution in [0, 0.1) is 0 Å². The zero-order valence-corrected chi connectivity index (χ0v) is 7.72. The van der Waals surface area contributed by atoms with Crippen molar-refractivity contribution >= 4 is 0 Å². The predicted molar refractivity (Wildman–Crippen MR) is 42.9 cm³/mol. The Morgan fingerprint density at radius 3 is 1.91 bits per heavy atom. The smallest absolute Gasteiger partial charge is 0.278 e. The molecular weight excluding hydrogens is 144 g/mol. The van der Waals surface area contributed by atoms with E-state index in [4.69, 9.17) is 4.74 Å². The molecule has 0 atom stereocenters. The molecule has 0 aromatic carbocycles. The van der Waals surface area contributed by atoms with E-state index in [2.05, 4.69) is 0 Å². The summed E-state index contributed by atoms with van der Waals surface area (Å²) in [5, 5.41) is 18.4. The molecular formula is C8H18O3. The van der Waals surface area contributed by atoms with Crippen LogP contribution < -0.4 is 0 Å². The molecule has 0 unspecified atom stereocenters.